The Labute approximate surface area is 177 Å². The minimum absolute atomic E-state index is 0. The maximum absolute atomic E-state index is 10.2. The molecule has 0 amide bonds. The molecule has 0 aliphatic carbocycles. The third-order valence-corrected chi connectivity index (χ3v) is 3.71. The summed E-state index contributed by atoms with van der Waals surface area (Å²) in [6.45, 7) is 2.24. The molecule has 0 rings (SSSR count). The fourth-order valence-electron chi connectivity index (χ4n) is 2.27. The molecular weight excluding hydrogens is 319 g/mol. The van der Waals surface area contributed by atoms with Gasteiger partial charge >= 0.3 is 29.6 Å². The van der Waals surface area contributed by atoms with E-state index in [9.17, 15) is 9.90 Å². The Balaban J connectivity index is 0. The van der Waals surface area contributed by atoms with Crippen LogP contribution in [0.5, 0.6) is 0 Å². The molecule has 136 valence electrons. The van der Waals surface area contributed by atoms with Crippen molar-refractivity contribution < 1.29 is 39.5 Å². The summed E-state index contributed by atoms with van der Waals surface area (Å²) in [4.78, 5) is 10.2. The van der Waals surface area contributed by atoms with Crippen LogP contribution < -0.4 is 34.7 Å². The Morgan fingerprint density at radius 1 is 0.680 bits per heavy atom. The average molecular weight is 355 g/mol. The quantitative estimate of drug-likeness (QED) is 0.243. The Kier molecular flexibility index (Phi) is 25.0. The van der Waals surface area contributed by atoms with Gasteiger partial charge in [-0.15, -0.1) is 0 Å². The molecule has 0 saturated carbocycles. The van der Waals surface area contributed by atoms with Crippen LogP contribution in [-0.4, -0.2) is 5.97 Å². The predicted octanol–water partition coefficient (Wildman–Crippen LogP) is 2.67. The maximum Gasteiger partial charge on any atom is 1.00 e. The number of hydrogen-bond acceptors (Lipinski definition) is 2. The first-order valence-electron chi connectivity index (χ1n) is 9.57. The van der Waals surface area contributed by atoms with Crippen LogP contribution in [0.15, 0.2) is 48.6 Å². The number of allylic oxidation sites excluding steroid dienone is 8. The van der Waals surface area contributed by atoms with Gasteiger partial charge in [-0.25, -0.2) is 0 Å². The standard InChI is InChI=1S/C22H36O2.Na/c1-2-3-4-5-6-7-8-9-10-11-12-13-14-15-16-17-18-19-20-21-22(23)24;/h6-7,9-10,12-13,15-16H,2-5,8,11,14,17-21H2,1H3,(H,23,24);/q;+1/p-1/b7-6-,10-9-,13-12-,16-15-;. The van der Waals surface area contributed by atoms with Gasteiger partial charge in [0.2, 0.25) is 0 Å². The largest absolute Gasteiger partial charge is 1.00 e. The molecule has 0 heterocycles. The van der Waals surface area contributed by atoms with Crippen molar-refractivity contribution in [2.45, 2.75) is 84.0 Å². The molecule has 0 bridgehead atoms. The monoisotopic (exact) mass is 354 g/mol. The Hall–Kier alpha value is -0.570. The summed E-state index contributed by atoms with van der Waals surface area (Å²) in [5, 5.41) is 10.2. The molecule has 0 spiro atoms. The van der Waals surface area contributed by atoms with Gasteiger partial charge in [-0.05, 0) is 57.8 Å². The first-order chi connectivity index (χ1) is 11.8. The van der Waals surface area contributed by atoms with Gasteiger partial charge in [0.25, 0.3) is 0 Å². The second kappa shape index (κ2) is 23.4. The van der Waals surface area contributed by atoms with Crippen molar-refractivity contribution in [1.82, 2.24) is 0 Å². The normalized spacial score (nSPS) is 11.9. The van der Waals surface area contributed by atoms with Crippen LogP contribution in [0.25, 0.3) is 0 Å². The molecule has 25 heavy (non-hydrogen) atoms. The molecular formula is C22H35NaO2. The summed E-state index contributed by atoms with van der Waals surface area (Å²) in [5.74, 6) is -0.937. The van der Waals surface area contributed by atoms with Crippen LogP contribution in [0.4, 0.5) is 0 Å². The molecule has 0 aromatic heterocycles. The van der Waals surface area contributed by atoms with Gasteiger partial charge in [-0.3, -0.25) is 0 Å². The van der Waals surface area contributed by atoms with Crippen LogP contribution >= 0.6 is 0 Å². The molecule has 0 aromatic rings. The van der Waals surface area contributed by atoms with Crippen LogP contribution in [0.1, 0.15) is 84.0 Å². The average Bonchev–Trinajstić information content (AvgIpc) is 2.56. The molecule has 0 aliphatic heterocycles. The maximum atomic E-state index is 10.2. The fraction of sp³-hybridized carbons (Fsp3) is 0.591. The number of carbonyl (C=O) groups excluding carboxylic acids is 1. The van der Waals surface area contributed by atoms with Crippen LogP contribution in [0.2, 0.25) is 0 Å². The summed E-state index contributed by atoms with van der Waals surface area (Å²) in [6.07, 6.45) is 29.9. The topological polar surface area (TPSA) is 40.1 Å². The van der Waals surface area contributed by atoms with Gasteiger partial charge in [-0.2, -0.15) is 0 Å². The van der Waals surface area contributed by atoms with E-state index in [0.717, 1.165) is 44.9 Å². The van der Waals surface area contributed by atoms with E-state index in [4.69, 9.17) is 0 Å². The zero-order chi connectivity index (χ0) is 17.7. The third kappa shape index (κ3) is 25.8. The second-order valence-corrected chi connectivity index (χ2v) is 6.06. The Morgan fingerprint density at radius 3 is 1.56 bits per heavy atom. The van der Waals surface area contributed by atoms with E-state index in [1.165, 1.54) is 25.7 Å². The molecule has 0 radical (unpaired) electrons. The van der Waals surface area contributed by atoms with Crippen LogP contribution in [-0.2, 0) is 4.79 Å². The minimum atomic E-state index is -0.937. The predicted molar refractivity (Wildman–Crippen MR) is 103 cm³/mol. The number of unbranched alkanes of at least 4 members (excludes halogenated alkanes) is 6. The summed E-state index contributed by atoms with van der Waals surface area (Å²) in [5.41, 5.74) is 0. The van der Waals surface area contributed by atoms with Gasteiger partial charge in [-0.1, -0.05) is 74.8 Å². The second-order valence-electron chi connectivity index (χ2n) is 6.06. The molecule has 0 N–H and O–H groups in total. The smallest absolute Gasteiger partial charge is 0.550 e. The number of carbonyl (C=O) groups is 1. The molecule has 2 nitrogen and oxygen atoms in total. The van der Waals surface area contributed by atoms with E-state index in [2.05, 4.69) is 55.5 Å². The zero-order valence-corrected chi connectivity index (χ0v) is 18.4. The van der Waals surface area contributed by atoms with E-state index in [1.807, 2.05) is 0 Å². The molecule has 0 fully saturated rings. The van der Waals surface area contributed by atoms with Gasteiger partial charge in [0.05, 0.1) is 0 Å². The number of carboxylic acids is 1. The first-order valence-corrected chi connectivity index (χ1v) is 9.57. The van der Waals surface area contributed by atoms with Gasteiger partial charge in [0.15, 0.2) is 0 Å². The van der Waals surface area contributed by atoms with Crippen molar-refractivity contribution >= 4 is 5.97 Å². The summed E-state index contributed by atoms with van der Waals surface area (Å²) >= 11 is 0. The molecule has 0 aromatic carbocycles. The van der Waals surface area contributed by atoms with E-state index in [-0.39, 0.29) is 36.0 Å². The van der Waals surface area contributed by atoms with Gasteiger partial charge in [0.1, 0.15) is 0 Å². The molecule has 0 atom stereocenters. The van der Waals surface area contributed by atoms with Gasteiger partial charge < -0.3 is 9.90 Å². The van der Waals surface area contributed by atoms with Crippen LogP contribution in [0, 0.1) is 0 Å². The molecule has 0 unspecified atom stereocenters. The van der Waals surface area contributed by atoms with Crippen molar-refractivity contribution in [1.29, 1.82) is 0 Å². The number of carboxylic acid groups (broad SMARTS) is 1. The third-order valence-electron chi connectivity index (χ3n) is 3.71. The Morgan fingerprint density at radius 2 is 1.12 bits per heavy atom. The Bertz CT molecular complexity index is 395. The summed E-state index contributed by atoms with van der Waals surface area (Å²) < 4.78 is 0. The van der Waals surface area contributed by atoms with E-state index < -0.39 is 5.97 Å². The van der Waals surface area contributed by atoms with E-state index in [0.29, 0.717) is 0 Å². The first kappa shape index (κ1) is 26.7. The summed E-state index contributed by atoms with van der Waals surface area (Å²) in [6, 6.07) is 0. The van der Waals surface area contributed by atoms with Crippen molar-refractivity contribution in [2.24, 2.45) is 0 Å². The van der Waals surface area contributed by atoms with Crippen molar-refractivity contribution in [3.63, 3.8) is 0 Å². The number of aliphatic carboxylic acids is 1. The zero-order valence-electron chi connectivity index (χ0n) is 16.4. The minimum Gasteiger partial charge on any atom is -0.550 e. The molecule has 0 saturated heterocycles. The van der Waals surface area contributed by atoms with E-state index >= 15 is 0 Å². The van der Waals surface area contributed by atoms with E-state index in [1.54, 1.807) is 0 Å². The SMILES string of the molecule is CCCCC/C=C\C/C=C\C/C=C\C/C=C\CCCCCC(=O)[O-].[Na+]. The number of rotatable bonds is 16. The van der Waals surface area contributed by atoms with Crippen LogP contribution in [0.3, 0.4) is 0 Å². The number of hydrogen-bond donors (Lipinski definition) is 0. The summed E-state index contributed by atoms with van der Waals surface area (Å²) in [7, 11) is 0. The van der Waals surface area contributed by atoms with Crippen molar-refractivity contribution in [3.05, 3.63) is 48.6 Å². The fourth-order valence-corrected chi connectivity index (χ4v) is 2.27. The molecule has 3 heteroatoms. The van der Waals surface area contributed by atoms with Crippen molar-refractivity contribution in [3.8, 4) is 0 Å². The van der Waals surface area contributed by atoms with Gasteiger partial charge in [0, 0.05) is 5.97 Å². The van der Waals surface area contributed by atoms with Crippen molar-refractivity contribution in [2.75, 3.05) is 0 Å². The molecule has 0 aliphatic rings.